The van der Waals surface area contributed by atoms with E-state index in [-0.39, 0.29) is 6.10 Å². The van der Waals surface area contributed by atoms with Crippen molar-refractivity contribution < 1.29 is 9.47 Å². The number of aromatic nitrogens is 2. The SMILES string of the molecule is c1cnc2c(c1)OC(c1cnc3c(c1)COCC3)CC2. The van der Waals surface area contributed by atoms with Crippen molar-refractivity contribution in [1.29, 1.82) is 0 Å². The number of nitrogens with zero attached hydrogens (tertiary/aromatic N) is 2. The van der Waals surface area contributed by atoms with Crippen molar-refractivity contribution in [3.05, 3.63) is 53.1 Å². The average molecular weight is 268 g/mol. The first-order valence-electron chi connectivity index (χ1n) is 7.06. The lowest BCUT2D eigenvalue weighted by Gasteiger charge is -2.26. The maximum atomic E-state index is 6.07. The quantitative estimate of drug-likeness (QED) is 0.797. The van der Waals surface area contributed by atoms with Crippen LogP contribution in [0.15, 0.2) is 30.6 Å². The summed E-state index contributed by atoms with van der Waals surface area (Å²) in [6.07, 6.45) is 6.66. The Kier molecular flexibility index (Phi) is 2.89. The van der Waals surface area contributed by atoms with Gasteiger partial charge in [-0.15, -0.1) is 0 Å². The monoisotopic (exact) mass is 268 g/mol. The predicted octanol–water partition coefficient (Wildman–Crippen LogP) is 2.62. The molecule has 2 aromatic rings. The summed E-state index contributed by atoms with van der Waals surface area (Å²) in [7, 11) is 0. The highest BCUT2D eigenvalue weighted by molar-refractivity contribution is 5.33. The minimum absolute atomic E-state index is 0.0754. The molecule has 4 heteroatoms. The van der Waals surface area contributed by atoms with Crippen molar-refractivity contribution in [2.75, 3.05) is 6.61 Å². The highest BCUT2D eigenvalue weighted by Crippen LogP contribution is 2.34. The van der Waals surface area contributed by atoms with Gasteiger partial charge in [-0.1, -0.05) is 0 Å². The number of aryl methyl sites for hydroxylation is 1. The van der Waals surface area contributed by atoms with E-state index in [9.17, 15) is 0 Å². The first-order valence-corrected chi connectivity index (χ1v) is 7.06. The first kappa shape index (κ1) is 11.9. The third-order valence-electron chi connectivity index (χ3n) is 3.95. The van der Waals surface area contributed by atoms with Gasteiger partial charge in [0.2, 0.25) is 0 Å². The van der Waals surface area contributed by atoms with Crippen LogP contribution >= 0.6 is 0 Å². The second-order valence-electron chi connectivity index (χ2n) is 5.27. The van der Waals surface area contributed by atoms with Gasteiger partial charge in [0, 0.05) is 30.1 Å². The molecule has 2 aliphatic rings. The smallest absolute Gasteiger partial charge is 0.141 e. The molecule has 0 fully saturated rings. The molecule has 0 amide bonds. The first-order chi connectivity index (χ1) is 9.90. The molecule has 4 heterocycles. The van der Waals surface area contributed by atoms with Crippen molar-refractivity contribution in [2.24, 2.45) is 0 Å². The summed E-state index contributed by atoms with van der Waals surface area (Å²) in [5.74, 6) is 0.901. The molecule has 1 unspecified atom stereocenters. The molecule has 0 spiro atoms. The Balaban J connectivity index is 1.63. The van der Waals surface area contributed by atoms with Gasteiger partial charge in [0.15, 0.2) is 0 Å². The lowest BCUT2D eigenvalue weighted by Crippen LogP contribution is -2.18. The third kappa shape index (κ3) is 2.06. The second-order valence-corrected chi connectivity index (χ2v) is 5.27. The maximum Gasteiger partial charge on any atom is 0.141 e. The van der Waals surface area contributed by atoms with E-state index in [1.54, 1.807) is 0 Å². The van der Waals surface area contributed by atoms with Crippen LogP contribution in [0.1, 0.15) is 35.0 Å². The van der Waals surface area contributed by atoms with Crippen LogP contribution in [-0.4, -0.2) is 16.6 Å². The summed E-state index contributed by atoms with van der Waals surface area (Å²) in [5.41, 5.74) is 4.56. The van der Waals surface area contributed by atoms with Crippen molar-refractivity contribution >= 4 is 0 Å². The molecule has 4 nitrogen and oxygen atoms in total. The fraction of sp³-hybridized carbons (Fsp3) is 0.375. The Morgan fingerprint density at radius 1 is 1.15 bits per heavy atom. The van der Waals surface area contributed by atoms with Gasteiger partial charge in [-0.25, -0.2) is 0 Å². The van der Waals surface area contributed by atoms with E-state index in [1.165, 1.54) is 5.56 Å². The Morgan fingerprint density at radius 3 is 3.15 bits per heavy atom. The Morgan fingerprint density at radius 2 is 2.15 bits per heavy atom. The van der Waals surface area contributed by atoms with Crippen molar-refractivity contribution in [3.8, 4) is 5.75 Å². The number of fused-ring (bicyclic) bond motifs is 2. The van der Waals surface area contributed by atoms with Crippen LogP contribution in [0.25, 0.3) is 0 Å². The number of hydrogen-bond acceptors (Lipinski definition) is 4. The molecule has 0 N–H and O–H groups in total. The molecule has 102 valence electrons. The number of hydrogen-bond donors (Lipinski definition) is 0. The Labute approximate surface area is 117 Å². The zero-order valence-corrected chi connectivity index (χ0v) is 11.2. The summed E-state index contributed by atoms with van der Waals surface area (Å²) >= 11 is 0. The highest BCUT2D eigenvalue weighted by Gasteiger charge is 2.23. The van der Waals surface area contributed by atoms with Crippen LogP contribution < -0.4 is 4.74 Å². The maximum absolute atomic E-state index is 6.07. The Hall–Kier alpha value is -1.94. The third-order valence-corrected chi connectivity index (χ3v) is 3.95. The van der Waals surface area contributed by atoms with Crippen molar-refractivity contribution in [3.63, 3.8) is 0 Å². The van der Waals surface area contributed by atoms with E-state index in [1.807, 2.05) is 24.5 Å². The predicted molar refractivity (Wildman–Crippen MR) is 73.5 cm³/mol. The molecule has 0 radical (unpaired) electrons. The van der Waals surface area contributed by atoms with Crippen LogP contribution in [0, 0.1) is 0 Å². The van der Waals surface area contributed by atoms with Gasteiger partial charge in [-0.3, -0.25) is 9.97 Å². The zero-order valence-electron chi connectivity index (χ0n) is 11.2. The lowest BCUT2D eigenvalue weighted by molar-refractivity contribution is 0.108. The summed E-state index contributed by atoms with van der Waals surface area (Å²) in [6, 6.07) is 6.09. The van der Waals surface area contributed by atoms with E-state index < -0.39 is 0 Å². The topological polar surface area (TPSA) is 44.2 Å². The normalized spacial score (nSPS) is 20.7. The standard InChI is InChI=1S/C16H16N2O2/c1-2-16-14(17-6-1)3-4-15(20-16)11-8-12-10-19-7-5-13(12)18-9-11/h1-2,6,8-9,15H,3-5,7,10H2. The molecule has 20 heavy (non-hydrogen) atoms. The van der Waals surface area contributed by atoms with E-state index in [4.69, 9.17) is 9.47 Å². The van der Waals surface area contributed by atoms with Gasteiger partial charge < -0.3 is 9.47 Å². The zero-order chi connectivity index (χ0) is 13.4. The number of pyridine rings is 2. The number of ether oxygens (including phenoxy) is 2. The molecule has 1 atom stereocenters. The lowest BCUT2D eigenvalue weighted by atomic mass is 9.99. The van der Waals surface area contributed by atoms with Gasteiger partial charge in [-0.05, 0) is 36.6 Å². The van der Waals surface area contributed by atoms with Crippen LogP contribution in [0.3, 0.4) is 0 Å². The molecule has 0 saturated carbocycles. The van der Waals surface area contributed by atoms with Crippen molar-refractivity contribution in [2.45, 2.75) is 32.0 Å². The summed E-state index contributed by atoms with van der Waals surface area (Å²) in [6.45, 7) is 1.44. The van der Waals surface area contributed by atoms with E-state index >= 15 is 0 Å². The molecule has 2 aliphatic heterocycles. The molecule has 0 saturated heterocycles. The number of rotatable bonds is 1. The fourth-order valence-electron chi connectivity index (χ4n) is 2.87. The van der Waals surface area contributed by atoms with Crippen LogP contribution in [-0.2, 0) is 24.2 Å². The fourth-order valence-corrected chi connectivity index (χ4v) is 2.87. The molecule has 2 aromatic heterocycles. The second kappa shape index (κ2) is 4.87. The van der Waals surface area contributed by atoms with Gasteiger partial charge in [0.25, 0.3) is 0 Å². The summed E-state index contributed by atoms with van der Waals surface area (Å²) in [4.78, 5) is 8.93. The summed E-state index contributed by atoms with van der Waals surface area (Å²) in [5, 5.41) is 0. The Bertz CT molecular complexity index is 642. The highest BCUT2D eigenvalue weighted by atomic mass is 16.5. The molecular formula is C16H16N2O2. The minimum Gasteiger partial charge on any atom is -0.484 e. The van der Waals surface area contributed by atoms with Gasteiger partial charge >= 0.3 is 0 Å². The van der Waals surface area contributed by atoms with Crippen molar-refractivity contribution in [1.82, 2.24) is 9.97 Å². The average Bonchev–Trinajstić information content (AvgIpc) is 2.54. The molecule has 0 aromatic carbocycles. The van der Waals surface area contributed by atoms with Gasteiger partial charge in [0.1, 0.15) is 11.9 Å². The summed E-state index contributed by atoms with van der Waals surface area (Å²) < 4.78 is 11.6. The van der Waals surface area contributed by atoms with Crippen LogP contribution in [0.4, 0.5) is 0 Å². The minimum atomic E-state index is 0.0754. The molecule has 0 aliphatic carbocycles. The van der Waals surface area contributed by atoms with E-state index in [0.29, 0.717) is 6.61 Å². The van der Waals surface area contributed by atoms with Gasteiger partial charge in [-0.2, -0.15) is 0 Å². The molecule has 0 bridgehead atoms. The van der Waals surface area contributed by atoms with Crippen LogP contribution in [0.2, 0.25) is 0 Å². The van der Waals surface area contributed by atoms with Gasteiger partial charge in [0.05, 0.1) is 18.9 Å². The van der Waals surface area contributed by atoms with E-state index in [2.05, 4.69) is 16.0 Å². The largest absolute Gasteiger partial charge is 0.484 e. The van der Waals surface area contributed by atoms with E-state index in [0.717, 1.165) is 48.6 Å². The molecular weight excluding hydrogens is 252 g/mol. The van der Waals surface area contributed by atoms with Crippen LogP contribution in [0.5, 0.6) is 5.75 Å². The molecule has 4 rings (SSSR count).